The van der Waals surface area contributed by atoms with E-state index in [4.69, 9.17) is 19.4 Å². The Hall–Kier alpha value is -1.03. The molecule has 0 amide bonds. The average molecular weight is 498 g/mol. The van der Waals surface area contributed by atoms with Crippen LogP contribution in [0.25, 0.3) is 0 Å². The van der Waals surface area contributed by atoms with Gasteiger partial charge in [0.05, 0.1) is 6.61 Å². The van der Waals surface area contributed by atoms with Gasteiger partial charge in [-0.25, -0.2) is 18.5 Å². The van der Waals surface area contributed by atoms with Crippen LogP contribution in [0.15, 0.2) is 15.8 Å². The maximum Gasteiger partial charge on any atom is 0.490 e. The van der Waals surface area contributed by atoms with Crippen LogP contribution in [0.5, 0.6) is 0 Å². The molecule has 0 bridgehead atoms. The van der Waals surface area contributed by atoms with Crippen molar-refractivity contribution in [3.8, 4) is 0 Å². The van der Waals surface area contributed by atoms with E-state index in [2.05, 4.69) is 13.1 Å². The highest BCUT2D eigenvalue weighted by Gasteiger charge is 2.46. The molecule has 17 nitrogen and oxygen atoms in total. The molecule has 7 N–H and O–H groups in total. The predicted octanol–water partition coefficient (Wildman–Crippen LogP) is -2.19. The Bertz CT molecular complexity index is 1040. The van der Waals surface area contributed by atoms with Crippen molar-refractivity contribution in [2.45, 2.75) is 31.5 Å². The molecule has 1 saturated heterocycles. The summed E-state index contributed by atoms with van der Waals surface area (Å²) in [5.74, 6) is 0. The summed E-state index contributed by atoms with van der Waals surface area (Å²) < 4.78 is 50.8. The first-order chi connectivity index (χ1) is 13.5. The second kappa shape index (κ2) is 8.84. The monoisotopic (exact) mass is 498 g/mol. The third kappa shape index (κ3) is 6.48. The topological polar surface area (TPSA) is 264 Å². The van der Waals surface area contributed by atoms with E-state index >= 15 is 0 Å². The molecule has 0 spiro atoms. The summed E-state index contributed by atoms with van der Waals surface area (Å²) in [6.45, 7) is 0.300. The van der Waals surface area contributed by atoms with E-state index in [9.17, 15) is 38.4 Å². The van der Waals surface area contributed by atoms with E-state index in [0.717, 1.165) is 10.8 Å². The van der Waals surface area contributed by atoms with Crippen LogP contribution in [0.2, 0.25) is 0 Å². The number of phosphoric ester groups is 1. The van der Waals surface area contributed by atoms with Gasteiger partial charge in [0.1, 0.15) is 18.3 Å². The maximum atomic E-state index is 11.9. The molecule has 172 valence electrons. The smallest absolute Gasteiger partial charge is 0.387 e. The number of H-pyrrole nitrogens is 1. The lowest BCUT2D eigenvalue weighted by molar-refractivity contribution is -0.0543. The van der Waals surface area contributed by atoms with Crippen LogP contribution in [0, 0.1) is 6.92 Å². The number of nitrogens with zero attached hydrogens (tertiary/aromatic N) is 1. The van der Waals surface area contributed by atoms with Crippen molar-refractivity contribution in [3.63, 3.8) is 0 Å². The molecule has 1 aliphatic rings. The third-order valence-corrected chi connectivity index (χ3v) is 7.38. The fourth-order valence-corrected chi connectivity index (χ4v) is 5.37. The van der Waals surface area contributed by atoms with Gasteiger partial charge < -0.3 is 34.5 Å². The Morgan fingerprint density at radius 2 is 1.67 bits per heavy atom. The molecule has 2 unspecified atom stereocenters. The molecule has 30 heavy (non-hydrogen) atoms. The largest absolute Gasteiger partial charge is 0.490 e. The second-order valence-electron chi connectivity index (χ2n) is 5.91. The van der Waals surface area contributed by atoms with Crippen LogP contribution in [0.4, 0.5) is 0 Å². The number of hydrogen-bond donors (Lipinski definition) is 7. The van der Waals surface area contributed by atoms with E-state index < -0.39 is 65.9 Å². The van der Waals surface area contributed by atoms with Crippen molar-refractivity contribution >= 4 is 23.5 Å². The van der Waals surface area contributed by atoms with Gasteiger partial charge in [-0.15, -0.1) is 0 Å². The zero-order chi connectivity index (χ0) is 23.1. The minimum absolute atomic E-state index is 0.0663. The zero-order valence-electron chi connectivity index (χ0n) is 14.7. The van der Waals surface area contributed by atoms with Crippen LogP contribution in [0.3, 0.4) is 0 Å². The lowest BCUT2D eigenvalue weighted by atomic mass is 10.1. The summed E-state index contributed by atoms with van der Waals surface area (Å²) >= 11 is 0. The number of aliphatic hydroxyl groups excluding tert-OH is 2. The third-order valence-electron chi connectivity index (χ3n) is 3.58. The predicted molar refractivity (Wildman–Crippen MR) is 91.8 cm³/mol. The SMILES string of the molecule is Cc1cn([C@@H]2O[C@H](COP(=O)(O)OP(=O)(O)OP(=O)(O)O)[C@@H](O)[C@@H]2O)c(=O)[nH]c1=O. The fourth-order valence-electron chi connectivity index (χ4n) is 2.34. The molecule has 20 heteroatoms. The Kier molecular flexibility index (Phi) is 7.44. The molecular formula is C10H17N2O15P3. The molecule has 1 aromatic heterocycles. The molecule has 2 heterocycles. The number of ether oxygens (including phenoxy) is 1. The van der Waals surface area contributed by atoms with Crippen LogP contribution in [-0.4, -0.2) is 64.3 Å². The van der Waals surface area contributed by atoms with Gasteiger partial charge in [0, 0.05) is 11.8 Å². The molecule has 0 aliphatic carbocycles. The van der Waals surface area contributed by atoms with Crippen molar-refractivity contribution in [3.05, 3.63) is 32.6 Å². The van der Waals surface area contributed by atoms with E-state index in [-0.39, 0.29) is 5.56 Å². The molecule has 1 aromatic rings. The summed E-state index contributed by atoms with van der Waals surface area (Å²) in [4.78, 5) is 60.6. The Morgan fingerprint density at radius 1 is 1.07 bits per heavy atom. The maximum absolute atomic E-state index is 11.9. The van der Waals surface area contributed by atoms with E-state index in [1.807, 2.05) is 4.98 Å². The highest BCUT2D eigenvalue weighted by atomic mass is 31.3. The highest BCUT2D eigenvalue weighted by molar-refractivity contribution is 7.66. The summed E-state index contributed by atoms with van der Waals surface area (Å²) in [5.41, 5.74) is -1.62. The minimum atomic E-state index is -5.73. The first kappa shape index (κ1) is 25.2. The summed E-state index contributed by atoms with van der Waals surface area (Å²) in [7, 11) is -16.8. The lowest BCUT2D eigenvalue weighted by Gasteiger charge is -2.19. The quantitative estimate of drug-likeness (QED) is 0.188. The highest BCUT2D eigenvalue weighted by Crippen LogP contribution is 2.66. The van der Waals surface area contributed by atoms with Crippen molar-refractivity contribution in [1.82, 2.24) is 9.55 Å². The minimum Gasteiger partial charge on any atom is -0.387 e. The van der Waals surface area contributed by atoms with Gasteiger partial charge in [-0.3, -0.25) is 18.9 Å². The zero-order valence-corrected chi connectivity index (χ0v) is 17.4. The molecule has 0 saturated carbocycles. The number of aromatic nitrogens is 2. The summed E-state index contributed by atoms with van der Waals surface area (Å²) in [5, 5.41) is 20.1. The number of aromatic amines is 1. The molecule has 2 rings (SSSR count). The van der Waals surface area contributed by atoms with Gasteiger partial charge in [0.15, 0.2) is 6.23 Å². The standard InChI is InChI=1S/C10H17N2O15P3/c1-4-2-12(10(16)11-8(4)15)9-7(14)6(13)5(25-9)3-24-29(20,21)27-30(22,23)26-28(17,18)19/h2,5-7,9,13-14H,3H2,1H3,(H,20,21)(H,22,23)(H,11,15,16)(H2,17,18,19)/t5-,6-,7+,9-/m1/s1. The van der Waals surface area contributed by atoms with E-state index in [1.54, 1.807) is 0 Å². The first-order valence-corrected chi connectivity index (χ1v) is 12.2. The number of hydrogen-bond acceptors (Lipinski definition) is 11. The lowest BCUT2D eigenvalue weighted by Crippen LogP contribution is -2.38. The number of rotatable bonds is 8. The Morgan fingerprint density at radius 3 is 2.23 bits per heavy atom. The van der Waals surface area contributed by atoms with Crippen molar-refractivity contribution in [1.29, 1.82) is 0 Å². The van der Waals surface area contributed by atoms with Gasteiger partial charge in [-0.05, 0) is 6.92 Å². The van der Waals surface area contributed by atoms with Gasteiger partial charge in [-0.2, -0.15) is 8.62 Å². The van der Waals surface area contributed by atoms with Gasteiger partial charge in [-0.1, -0.05) is 0 Å². The molecule has 1 aliphatic heterocycles. The normalized spacial score (nSPS) is 28.8. The molecule has 0 aromatic carbocycles. The summed E-state index contributed by atoms with van der Waals surface area (Å²) in [6.07, 6.45) is -5.64. The van der Waals surface area contributed by atoms with Crippen molar-refractivity contribution < 1.29 is 61.4 Å². The fraction of sp³-hybridized carbons (Fsp3) is 0.600. The van der Waals surface area contributed by atoms with Crippen molar-refractivity contribution in [2.24, 2.45) is 0 Å². The number of phosphoric acid groups is 3. The van der Waals surface area contributed by atoms with Gasteiger partial charge in [0.25, 0.3) is 5.56 Å². The van der Waals surface area contributed by atoms with Crippen LogP contribution in [0.1, 0.15) is 11.8 Å². The van der Waals surface area contributed by atoms with Crippen LogP contribution in [-0.2, 0) is 31.6 Å². The van der Waals surface area contributed by atoms with Crippen LogP contribution < -0.4 is 11.2 Å². The number of nitrogens with one attached hydrogen (secondary N) is 1. The molecule has 1 fully saturated rings. The number of aliphatic hydroxyl groups is 2. The van der Waals surface area contributed by atoms with Gasteiger partial charge >= 0.3 is 29.2 Å². The van der Waals surface area contributed by atoms with Crippen LogP contribution >= 0.6 is 23.5 Å². The average Bonchev–Trinajstić information content (AvgIpc) is 2.81. The van der Waals surface area contributed by atoms with Crippen molar-refractivity contribution in [2.75, 3.05) is 6.61 Å². The summed E-state index contributed by atoms with van der Waals surface area (Å²) in [6, 6.07) is 0. The van der Waals surface area contributed by atoms with E-state index in [1.165, 1.54) is 6.92 Å². The first-order valence-electron chi connectivity index (χ1n) is 7.63. The molecule has 0 radical (unpaired) electrons. The second-order valence-corrected chi connectivity index (χ2v) is 10.3. The molecule has 6 atom stereocenters. The Balaban J connectivity index is 2.09. The Labute approximate surface area is 165 Å². The van der Waals surface area contributed by atoms with E-state index in [0.29, 0.717) is 0 Å². The molecular weight excluding hydrogens is 481 g/mol. The van der Waals surface area contributed by atoms with Gasteiger partial charge in [0.2, 0.25) is 0 Å². The number of aryl methyl sites for hydroxylation is 1.